The Bertz CT molecular complexity index is 684. The second-order valence-corrected chi connectivity index (χ2v) is 5.14. The van der Waals surface area contributed by atoms with Crippen LogP contribution in [-0.2, 0) is 4.79 Å². The Hall–Kier alpha value is -2.69. The maximum atomic E-state index is 12.2. The molecule has 1 atom stereocenters. The largest absolute Gasteiger partial charge is 0.493 e. The Morgan fingerprint density at radius 2 is 1.78 bits per heavy atom. The first-order valence-electron chi connectivity index (χ1n) is 7.29. The van der Waals surface area contributed by atoms with E-state index in [4.69, 9.17) is 14.2 Å². The summed E-state index contributed by atoms with van der Waals surface area (Å²) in [5, 5.41) is 2.80. The van der Waals surface area contributed by atoms with Crippen molar-refractivity contribution in [3.05, 3.63) is 48.0 Å². The molecule has 0 saturated heterocycles. The van der Waals surface area contributed by atoms with Crippen molar-refractivity contribution in [3.63, 3.8) is 0 Å². The van der Waals surface area contributed by atoms with Gasteiger partial charge >= 0.3 is 0 Å². The van der Waals surface area contributed by atoms with Gasteiger partial charge in [-0.1, -0.05) is 12.1 Å². The van der Waals surface area contributed by atoms with Gasteiger partial charge in [-0.15, -0.1) is 0 Å². The highest BCUT2D eigenvalue weighted by atomic mass is 16.5. The van der Waals surface area contributed by atoms with Crippen LogP contribution in [-0.4, -0.2) is 26.2 Å². The average molecular weight is 315 g/mol. The van der Waals surface area contributed by atoms with E-state index in [0.29, 0.717) is 22.9 Å². The minimum atomic E-state index is -0.620. The SMILES string of the molecule is COc1ccc(NC(=O)[C@@H](C)Oc2cccc(C)c2)cc1OC. The van der Waals surface area contributed by atoms with E-state index in [-0.39, 0.29) is 5.91 Å². The lowest BCUT2D eigenvalue weighted by atomic mass is 10.2. The van der Waals surface area contributed by atoms with Crippen LogP contribution in [0.2, 0.25) is 0 Å². The molecule has 0 aliphatic carbocycles. The van der Waals surface area contributed by atoms with E-state index in [2.05, 4.69) is 5.32 Å². The van der Waals surface area contributed by atoms with Gasteiger partial charge in [0.2, 0.25) is 0 Å². The van der Waals surface area contributed by atoms with Crippen LogP contribution in [0, 0.1) is 6.92 Å². The zero-order chi connectivity index (χ0) is 16.8. The van der Waals surface area contributed by atoms with Crippen molar-refractivity contribution < 1.29 is 19.0 Å². The fourth-order valence-corrected chi connectivity index (χ4v) is 2.10. The van der Waals surface area contributed by atoms with E-state index >= 15 is 0 Å². The van der Waals surface area contributed by atoms with Crippen LogP contribution >= 0.6 is 0 Å². The van der Waals surface area contributed by atoms with E-state index < -0.39 is 6.10 Å². The molecule has 122 valence electrons. The van der Waals surface area contributed by atoms with Crippen molar-refractivity contribution >= 4 is 11.6 Å². The Balaban J connectivity index is 2.03. The molecule has 2 aromatic rings. The third kappa shape index (κ3) is 4.39. The summed E-state index contributed by atoms with van der Waals surface area (Å²) in [6.45, 7) is 3.68. The number of carbonyl (C=O) groups excluding carboxylic acids is 1. The first kappa shape index (κ1) is 16.7. The number of hydrogen-bond donors (Lipinski definition) is 1. The fourth-order valence-electron chi connectivity index (χ4n) is 2.10. The van der Waals surface area contributed by atoms with Crippen molar-refractivity contribution in [3.8, 4) is 17.2 Å². The fraction of sp³-hybridized carbons (Fsp3) is 0.278. The van der Waals surface area contributed by atoms with Gasteiger partial charge in [0.05, 0.1) is 14.2 Å². The molecule has 2 rings (SSSR count). The minimum Gasteiger partial charge on any atom is -0.493 e. The van der Waals surface area contributed by atoms with Gasteiger partial charge in [-0.05, 0) is 43.7 Å². The van der Waals surface area contributed by atoms with Gasteiger partial charge in [-0.25, -0.2) is 0 Å². The smallest absolute Gasteiger partial charge is 0.265 e. The van der Waals surface area contributed by atoms with Crippen molar-refractivity contribution in [1.82, 2.24) is 0 Å². The van der Waals surface area contributed by atoms with E-state index in [9.17, 15) is 4.79 Å². The van der Waals surface area contributed by atoms with Gasteiger partial charge in [-0.2, -0.15) is 0 Å². The van der Waals surface area contributed by atoms with Gasteiger partial charge in [0.15, 0.2) is 17.6 Å². The number of ether oxygens (including phenoxy) is 3. The predicted molar refractivity (Wildman–Crippen MR) is 89.4 cm³/mol. The maximum Gasteiger partial charge on any atom is 0.265 e. The monoisotopic (exact) mass is 315 g/mol. The number of aryl methyl sites for hydroxylation is 1. The molecule has 0 fully saturated rings. The average Bonchev–Trinajstić information content (AvgIpc) is 2.54. The van der Waals surface area contributed by atoms with E-state index in [1.165, 1.54) is 0 Å². The van der Waals surface area contributed by atoms with E-state index in [0.717, 1.165) is 5.56 Å². The Kier molecular flexibility index (Phi) is 5.46. The molecule has 0 radical (unpaired) electrons. The van der Waals surface area contributed by atoms with Crippen molar-refractivity contribution in [2.24, 2.45) is 0 Å². The van der Waals surface area contributed by atoms with Crippen LogP contribution in [0.15, 0.2) is 42.5 Å². The number of carbonyl (C=O) groups is 1. The van der Waals surface area contributed by atoms with Crippen molar-refractivity contribution in [1.29, 1.82) is 0 Å². The van der Waals surface area contributed by atoms with E-state index in [1.807, 2.05) is 31.2 Å². The third-order valence-electron chi connectivity index (χ3n) is 3.32. The first-order chi connectivity index (χ1) is 11.0. The molecule has 1 amide bonds. The summed E-state index contributed by atoms with van der Waals surface area (Å²) in [7, 11) is 3.11. The molecule has 0 aliphatic heterocycles. The summed E-state index contributed by atoms with van der Waals surface area (Å²) in [5.74, 6) is 1.59. The molecule has 0 spiro atoms. The molecule has 1 N–H and O–H groups in total. The zero-order valence-corrected chi connectivity index (χ0v) is 13.8. The molecule has 5 nitrogen and oxygen atoms in total. The molecule has 0 aliphatic rings. The molecular formula is C18H21NO4. The van der Waals surface area contributed by atoms with Crippen molar-refractivity contribution in [2.75, 3.05) is 19.5 Å². The summed E-state index contributed by atoms with van der Waals surface area (Å²) in [5.41, 5.74) is 1.70. The first-order valence-corrected chi connectivity index (χ1v) is 7.29. The number of rotatable bonds is 6. The lowest BCUT2D eigenvalue weighted by molar-refractivity contribution is -0.122. The van der Waals surface area contributed by atoms with E-state index in [1.54, 1.807) is 39.3 Å². The second-order valence-electron chi connectivity index (χ2n) is 5.14. The Morgan fingerprint density at radius 1 is 1.04 bits per heavy atom. The van der Waals surface area contributed by atoms with Gasteiger partial charge < -0.3 is 19.5 Å². The molecule has 0 aromatic heterocycles. The van der Waals surface area contributed by atoms with Crippen LogP contribution in [0.1, 0.15) is 12.5 Å². The zero-order valence-electron chi connectivity index (χ0n) is 13.8. The van der Waals surface area contributed by atoms with Gasteiger partial charge in [0.1, 0.15) is 5.75 Å². The molecule has 23 heavy (non-hydrogen) atoms. The third-order valence-corrected chi connectivity index (χ3v) is 3.32. The quantitative estimate of drug-likeness (QED) is 0.887. The molecule has 5 heteroatoms. The highest BCUT2D eigenvalue weighted by Crippen LogP contribution is 2.29. The number of methoxy groups -OCH3 is 2. The standard InChI is InChI=1S/C18H21NO4/c1-12-6-5-7-15(10-12)23-13(2)18(20)19-14-8-9-16(21-3)17(11-14)22-4/h5-11,13H,1-4H3,(H,19,20)/t13-/m1/s1. The number of anilines is 1. The summed E-state index contributed by atoms with van der Waals surface area (Å²) in [4.78, 5) is 12.2. The summed E-state index contributed by atoms with van der Waals surface area (Å²) in [6, 6.07) is 12.8. The lowest BCUT2D eigenvalue weighted by Crippen LogP contribution is -2.30. The summed E-state index contributed by atoms with van der Waals surface area (Å²) >= 11 is 0. The molecular weight excluding hydrogens is 294 g/mol. The van der Waals surface area contributed by atoms with Crippen LogP contribution in [0.3, 0.4) is 0 Å². The molecule has 0 heterocycles. The van der Waals surface area contributed by atoms with Gasteiger partial charge in [-0.3, -0.25) is 4.79 Å². The second kappa shape index (κ2) is 7.54. The van der Waals surface area contributed by atoms with Crippen LogP contribution in [0.25, 0.3) is 0 Å². The molecule has 0 saturated carbocycles. The Labute approximate surface area is 136 Å². The topological polar surface area (TPSA) is 56.8 Å². The Morgan fingerprint density at radius 3 is 2.43 bits per heavy atom. The molecule has 0 bridgehead atoms. The number of nitrogens with one attached hydrogen (secondary N) is 1. The number of amides is 1. The van der Waals surface area contributed by atoms with Gasteiger partial charge in [0, 0.05) is 11.8 Å². The minimum absolute atomic E-state index is 0.237. The normalized spacial score (nSPS) is 11.5. The van der Waals surface area contributed by atoms with Gasteiger partial charge in [0.25, 0.3) is 5.91 Å². The maximum absolute atomic E-state index is 12.2. The van der Waals surface area contributed by atoms with Crippen LogP contribution in [0.4, 0.5) is 5.69 Å². The summed E-state index contributed by atoms with van der Waals surface area (Å²) in [6.07, 6.45) is -0.620. The predicted octanol–water partition coefficient (Wildman–Crippen LogP) is 3.42. The summed E-state index contributed by atoms with van der Waals surface area (Å²) < 4.78 is 16.1. The number of hydrogen-bond acceptors (Lipinski definition) is 4. The van der Waals surface area contributed by atoms with Crippen LogP contribution in [0.5, 0.6) is 17.2 Å². The molecule has 0 unspecified atom stereocenters. The lowest BCUT2D eigenvalue weighted by Gasteiger charge is -2.16. The molecule has 2 aromatic carbocycles. The van der Waals surface area contributed by atoms with Crippen molar-refractivity contribution in [2.45, 2.75) is 20.0 Å². The van der Waals surface area contributed by atoms with Crippen LogP contribution < -0.4 is 19.5 Å². The highest BCUT2D eigenvalue weighted by molar-refractivity contribution is 5.94. The highest BCUT2D eigenvalue weighted by Gasteiger charge is 2.16. The number of benzene rings is 2.